The van der Waals surface area contributed by atoms with Gasteiger partial charge in [0.2, 0.25) is 0 Å². The van der Waals surface area contributed by atoms with E-state index in [0.717, 1.165) is 38.8 Å². The molecule has 1 aliphatic heterocycles. The van der Waals surface area contributed by atoms with Crippen LogP contribution < -0.4 is 5.32 Å². The van der Waals surface area contributed by atoms with Crippen molar-refractivity contribution in [1.82, 2.24) is 14.9 Å². The monoisotopic (exact) mass is 269 g/mol. The van der Waals surface area contributed by atoms with Gasteiger partial charge in [0.1, 0.15) is 5.82 Å². The first-order chi connectivity index (χ1) is 9.83. The lowest BCUT2D eigenvalue weighted by Gasteiger charge is -2.16. The molecule has 0 radical (unpaired) electrons. The van der Waals surface area contributed by atoms with Gasteiger partial charge in [0.15, 0.2) is 0 Å². The molecule has 20 heavy (non-hydrogen) atoms. The number of nitrogens with one attached hydrogen (secondary N) is 1. The lowest BCUT2D eigenvalue weighted by Crippen LogP contribution is -2.24. The minimum atomic E-state index is 0.909. The van der Waals surface area contributed by atoms with Crippen LogP contribution in [0.2, 0.25) is 0 Å². The Hall–Kier alpha value is -1.61. The average molecular weight is 269 g/mol. The maximum absolute atomic E-state index is 4.86. The molecule has 1 aromatic heterocycles. The van der Waals surface area contributed by atoms with Crippen molar-refractivity contribution in [2.24, 2.45) is 0 Å². The van der Waals surface area contributed by atoms with Gasteiger partial charge in [-0.25, -0.2) is 4.98 Å². The Balaban J connectivity index is 2.07. The standard InChI is InChI=1S/C17H23N3/c1-3-5-17-19-15-12-18-11-10-16(15)20(17)14-8-6-13(4-2)7-9-14/h6-9,18H,3-5,10-12H2,1-2H3. The summed E-state index contributed by atoms with van der Waals surface area (Å²) in [7, 11) is 0. The van der Waals surface area contributed by atoms with E-state index >= 15 is 0 Å². The Morgan fingerprint density at radius 1 is 1.20 bits per heavy atom. The number of fused-ring (bicyclic) bond motifs is 1. The van der Waals surface area contributed by atoms with E-state index in [1.807, 2.05) is 0 Å². The van der Waals surface area contributed by atoms with E-state index in [4.69, 9.17) is 4.98 Å². The van der Waals surface area contributed by atoms with Crippen molar-refractivity contribution in [3.8, 4) is 5.69 Å². The molecule has 0 bridgehead atoms. The predicted octanol–water partition coefficient (Wildman–Crippen LogP) is 3.03. The lowest BCUT2D eigenvalue weighted by atomic mass is 10.1. The molecule has 0 saturated heterocycles. The van der Waals surface area contributed by atoms with Gasteiger partial charge in [-0.15, -0.1) is 0 Å². The smallest absolute Gasteiger partial charge is 0.113 e. The Labute approximate surface area is 121 Å². The van der Waals surface area contributed by atoms with E-state index in [-0.39, 0.29) is 0 Å². The van der Waals surface area contributed by atoms with Gasteiger partial charge in [-0.2, -0.15) is 0 Å². The summed E-state index contributed by atoms with van der Waals surface area (Å²) in [6, 6.07) is 8.95. The minimum absolute atomic E-state index is 0.909. The summed E-state index contributed by atoms with van der Waals surface area (Å²) in [4.78, 5) is 4.86. The molecule has 1 N–H and O–H groups in total. The second-order valence-electron chi connectivity index (χ2n) is 5.45. The molecule has 2 heterocycles. The van der Waals surface area contributed by atoms with Gasteiger partial charge in [-0.05, 0) is 30.5 Å². The zero-order valence-corrected chi connectivity index (χ0v) is 12.4. The highest BCUT2D eigenvalue weighted by Gasteiger charge is 2.20. The number of aryl methyl sites for hydroxylation is 2. The van der Waals surface area contributed by atoms with E-state index < -0.39 is 0 Å². The molecule has 3 rings (SSSR count). The maximum atomic E-state index is 4.86. The molecule has 0 amide bonds. The Kier molecular flexibility index (Phi) is 3.88. The molecular formula is C17H23N3. The minimum Gasteiger partial charge on any atom is -0.311 e. The predicted molar refractivity (Wildman–Crippen MR) is 82.3 cm³/mol. The topological polar surface area (TPSA) is 29.9 Å². The fourth-order valence-electron chi connectivity index (χ4n) is 2.94. The van der Waals surface area contributed by atoms with E-state index in [9.17, 15) is 0 Å². The number of aromatic nitrogens is 2. The Morgan fingerprint density at radius 2 is 2.00 bits per heavy atom. The summed E-state index contributed by atoms with van der Waals surface area (Å²) < 4.78 is 2.39. The third-order valence-corrected chi connectivity index (χ3v) is 4.03. The van der Waals surface area contributed by atoms with Crippen LogP contribution >= 0.6 is 0 Å². The van der Waals surface area contributed by atoms with Gasteiger partial charge >= 0.3 is 0 Å². The van der Waals surface area contributed by atoms with Crippen molar-refractivity contribution in [2.45, 2.75) is 46.1 Å². The van der Waals surface area contributed by atoms with Crippen LogP contribution in [0.15, 0.2) is 24.3 Å². The summed E-state index contributed by atoms with van der Waals surface area (Å²) in [5.41, 5.74) is 5.29. The van der Waals surface area contributed by atoms with Crippen molar-refractivity contribution in [2.75, 3.05) is 6.54 Å². The number of hydrogen-bond donors (Lipinski definition) is 1. The normalized spacial score (nSPS) is 14.3. The summed E-state index contributed by atoms with van der Waals surface area (Å²) in [6.07, 6.45) is 4.34. The maximum Gasteiger partial charge on any atom is 0.113 e. The fourth-order valence-corrected chi connectivity index (χ4v) is 2.94. The van der Waals surface area contributed by atoms with Crippen LogP contribution in [0.25, 0.3) is 5.69 Å². The van der Waals surface area contributed by atoms with Crippen molar-refractivity contribution in [3.63, 3.8) is 0 Å². The zero-order valence-electron chi connectivity index (χ0n) is 12.4. The van der Waals surface area contributed by atoms with Crippen LogP contribution in [-0.2, 0) is 25.8 Å². The first-order valence-corrected chi connectivity index (χ1v) is 7.72. The molecule has 106 valence electrons. The fraction of sp³-hybridized carbons (Fsp3) is 0.471. The summed E-state index contributed by atoms with van der Waals surface area (Å²) in [5.74, 6) is 1.21. The highest BCUT2D eigenvalue weighted by Crippen LogP contribution is 2.22. The van der Waals surface area contributed by atoms with Gasteiger partial charge in [0, 0.05) is 37.3 Å². The van der Waals surface area contributed by atoms with Crippen molar-refractivity contribution < 1.29 is 0 Å². The van der Waals surface area contributed by atoms with Gasteiger partial charge in [-0.1, -0.05) is 26.0 Å². The third-order valence-electron chi connectivity index (χ3n) is 4.03. The molecule has 0 unspecified atom stereocenters. The number of rotatable bonds is 4. The van der Waals surface area contributed by atoms with Gasteiger partial charge in [0.25, 0.3) is 0 Å². The first kappa shape index (κ1) is 13.4. The molecular weight excluding hydrogens is 246 g/mol. The number of imidazole rings is 1. The SMILES string of the molecule is CCCc1nc2c(n1-c1ccc(CC)cc1)CCNC2. The highest BCUT2D eigenvalue weighted by atomic mass is 15.1. The molecule has 0 spiro atoms. The summed E-state index contributed by atoms with van der Waals surface area (Å²) in [6.45, 7) is 6.38. The van der Waals surface area contributed by atoms with Gasteiger partial charge in [0.05, 0.1) is 5.69 Å². The third kappa shape index (κ3) is 2.38. The quantitative estimate of drug-likeness (QED) is 0.924. The zero-order chi connectivity index (χ0) is 13.9. The van der Waals surface area contributed by atoms with Crippen LogP contribution in [-0.4, -0.2) is 16.1 Å². The summed E-state index contributed by atoms with van der Waals surface area (Å²) >= 11 is 0. The Bertz CT molecular complexity index is 581. The molecule has 0 fully saturated rings. The summed E-state index contributed by atoms with van der Waals surface area (Å²) in [5, 5.41) is 3.42. The second kappa shape index (κ2) is 5.80. The molecule has 0 atom stereocenters. The van der Waals surface area contributed by atoms with Gasteiger partial charge in [-0.3, -0.25) is 0 Å². The molecule has 0 saturated carbocycles. The van der Waals surface area contributed by atoms with Gasteiger partial charge < -0.3 is 9.88 Å². The molecule has 3 heteroatoms. The van der Waals surface area contributed by atoms with Crippen LogP contribution in [0.4, 0.5) is 0 Å². The lowest BCUT2D eigenvalue weighted by molar-refractivity contribution is 0.619. The molecule has 2 aromatic rings. The Morgan fingerprint density at radius 3 is 2.70 bits per heavy atom. The van der Waals surface area contributed by atoms with Crippen molar-refractivity contribution in [1.29, 1.82) is 0 Å². The van der Waals surface area contributed by atoms with Crippen molar-refractivity contribution in [3.05, 3.63) is 47.0 Å². The van der Waals surface area contributed by atoms with Crippen LogP contribution in [0.3, 0.4) is 0 Å². The molecule has 1 aliphatic rings. The van der Waals surface area contributed by atoms with Crippen LogP contribution in [0.5, 0.6) is 0 Å². The van der Waals surface area contributed by atoms with Crippen LogP contribution in [0, 0.1) is 0 Å². The largest absolute Gasteiger partial charge is 0.311 e. The van der Waals surface area contributed by atoms with E-state index in [1.165, 1.54) is 28.5 Å². The average Bonchev–Trinajstić information content (AvgIpc) is 2.86. The molecule has 3 nitrogen and oxygen atoms in total. The molecule has 1 aromatic carbocycles. The van der Waals surface area contributed by atoms with Crippen LogP contribution in [0.1, 0.15) is 43.0 Å². The number of benzene rings is 1. The number of hydrogen-bond acceptors (Lipinski definition) is 2. The van der Waals surface area contributed by atoms with Crippen molar-refractivity contribution >= 4 is 0 Å². The molecule has 0 aliphatic carbocycles. The number of nitrogens with zero attached hydrogens (tertiary/aromatic N) is 2. The van der Waals surface area contributed by atoms with E-state index in [0.29, 0.717) is 0 Å². The second-order valence-corrected chi connectivity index (χ2v) is 5.45. The van der Waals surface area contributed by atoms with E-state index in [1.54, 1.807) is 0 Å². The highest BCUT2D eigenvalue weighted by molar-refractivity contribution is 5.40. The first-order valence-electron chi connectivity index (χ1n) is 7.72. The van der Waals surface area contributed by atoms with E-state index in [2.05, 4.69) is 48.0 Å².